The summed E-state index contributed by atoms with van der Waals surface area (Å²) in [7, 11) is 0. The van der Waals surface area contributed by atoms with Gasteiger partial charge in [-0.05, 0) is 38.5 Å². The molecule has 0 aromatic carbocycles. The van der Waals surface area contributed by atoms with E-state index >= 15 is 0 Å². The van der Waals surface area contributed by atoms with Gasteiger partial charge >= 0.3 is 5.97 Å². The van der Waals surface area contributed by atoms with Crippen molar-refractivity contribution in [2.24, 2.45) is 11.8 Å². The van der Waals surface area contributed by atoms with Crippen LogP contribution in [-0.2, 0) is 9.59 Å². The minimum Gasteiger partial charge on any atom is -0.481 e. The maximum absolute atomic E-state index is 12.6. The van der Waals surface area contributed by atoms with E-state index in [9.17, 15) is 9.59 Å². The van der Waals surface area contributed by atoms with Crippen molar-refractivity contribution >= 4 is 11.9 Å². The molecule has 1 N–H and O–H groups in total. The molecule has 108 valence electrons. The van der Waals surface area contributed by atoms with Gasteiger partial charge < -0.3 is 10.0 Å². The predicted octanol–water partition coefficient (Wildman–Crippen LogP) is 2.67. The first-order valence-electron chi connectivity index (χ1n) is 7.66. The van der Waals surface area contributed by atoms with Crippen LogP contribution in [0.25, 0.3) is 0 Å². The molecule has 0 aromatic rings. The van der Waals surface area contributed by atoms with Crippen molar-refractivity contribution in [1.82, 2.24) is 4.90 Å². The van der Waals surface area contributed by atoms with Crippen LogP contribution in [0.2, 0.25) is 0 Å². The molecule has 2 aliphatic rings. The Morgan fingerprint density at radius 1 is 1.11 bits per heavy atom. The van der Waals surface area contributed by atoms with Crippen molar-refractivity contribution in [2.75, 3.05) is 6.54 Å². The number of carboxylic acids is 1. The van der Waals surface area contributed by atoms with Gasteiger partial charge in [-0.1, -0.05) is 19.8 Å². The summed E-state index contributed by atoms with van der Waals surface area (Å²) in [5.41, 5.74) is 0. The van der Waals surface area contributed by atoms with Gasteiger partial charge in [-0.15, -0.1) is 0 Å². The van der Waals surface area contributed by atoms with Crippen molar-refractivity contribution in [2.45, 2.75) is 64.3 Å². The Morgan fingerprint density at radius 3 is 2.47 bits per heavy atom. The largest absolute Gasteiger partial charge is 0.481 e. The van der Waals surface area contributed by atoms with Crippen molar-refractivity contribution in [3.05, 3.63) is 0 Å². The molecule has 0 bridgehead atoms. The molecule has 2 rings (SSSR count). The van der Waals surface area contributed by atoms with Gasteiger partial charge in [0.2, 0.25) is 5.91 Å². The number of carbonyl (C=O) groups excluding carboxylic acids is 1. The number of hydrogen-bond acceptors (Lipinski definition) is 2. The van der Waals surface area contributed by atoms with Gasteiger partial charge in [-0.3, -0.25) is 9.59 Å². The number of rotatable bonds is 3. The van der Waals surface area contributed by atoms with Gasteiger partial charge in [0.15, 0.2) is 0 Å². The minimum atomic E-state index is -0.738. The van der Waals surface area contributed by atoms with Gasteiger partial charge in [0.05, 0.1) is 5.92 Å². The molecule has 4 nitrogen and oxygen atoms in total. The number of carboxylic acid groups (broad SMARTS) is 1. The van der Waals surface area contributed by atoms with Gasteiger partial charge in [0.25, 0.3) is 0 Å². The second-order valence-corrected chi connectivity index (χ2v) is 5.99. The van der Waals surface area contributed by atoms with Crippen molar-refractivity contribution in [3.63, 3.8) is 0 Å². The first kappa shape index (κ1) is 14.4. The fraction of sp³-hybridized carbons (Fsp3) is 0.867. The molecule has 19 heavy (non-hydrogen) atoms. The highest BCUT2D eigenvalue weighted by Gasteiger charge is 2.37. The highest BCUT2D eigenvalue weighted by atomic mass is 16.4. The average molecular weight is 267 g/mol. The predicted molar refractivity (Wildman–Crippen MR) is 72.7 cm³/mol. The molecule has 2 fully saturated rings. The number of aliphatic carboxylic acids is 1. The first-order valence-corrected chi connectivity index (χ1v) is 7.66. The van der Waals surface area contributed by atoms with Crippen LogP contribution in [0.4, 0.5) is 0 Å². The summed E-state index contributed by atoms with van der Waals surface area (Å²) in [6, 6.07) is 0.374. The molecule has 3 atom stereocenters. The lowest BCUT2D eigenvalue weighted by Crippen LogP contribution is -2.42. The summed E-state index contributed by atoms with van der Waals surface area (Å²) in [4.78, 5) is 25.7. The molecule has 1 unspecified atom stereocenters. The molecule has 1 aliphatic carbocycles. The molecule has 1 aliphatic heterocycles. The molecular weight excluding hydrogens is 242 g/mol. The van der Waals surface area contributed by atoms with Crippen LogP contribution in [0.1, 0.15) is 58.3 Å². The zero-order valence-electron chi connectivity index (χ0n) is 11.8. The maximum atomic E-state index is 12.6. The fourth-order valence-electron chi connectivity index (χ4n) is 3.56. The van der Waals surface area contributed by atoms with E-state index in [2.05, 4.69) is 11.8 Å². The molecule has 4 heteroatoms. The summed E-state index contributed by atoms with van der Waals surface area (Å²) >= 11 is 0. The maximum Gasteiger partial charge on any atom is 0.306 e. The Balaban J connectivity index is 1.99. The van der Waals surface area contributed by atoms with E-state index in [1.54, 1.807) is 0 Å². The smallest absolute Gasteiger partial charge is 0.306 e. The standard InChI is InChI=1S/C15H25NO3/c1-2-13-6-4-3-5-9-16(13)14(17)11-7-8-12(10-11)15(18)19/h11-13H,2-10H2,1H3,(H,18,19)/t11-,12+,13?/m1/s1. The van der Waals surface area contributed by atoms with Crippen LogP contribution in [0.15, 0.2) is 0 Å². The summed E-state index contributed by atoms with van der Waals surface area (Å²) in [5, 5.41) is 9.04. The highest BCUT2D eigenvalue weighted by molar-refractivity contribution is 5.81. The van der Waals surface area contributed by atoms with E-state index < -0.39 is 5.97 Å². The third-order valence-corrected chi connectivity index (χ3v) is 4.76. The Bertz CT molecular complexity index is 342. The number of likely N-dealkylation sites (tertiary alicyclic amines) is 1. The molecule has 0 aromatic heterocycles. The van der Waals surface area contributed by atoms with Gasteiger partial charge in [0, 0.05) is 18.5 Å². The van der Waals surface area contributed by atoms with E-state index in [0.29, 0.717) is 18.9 Å². The third-order valence-electron chi connectivity index (χ3n) is 4.76. The highest BCUT2D eigenvalue weighted by Crippen LogP contribution is 2.34. The zero-order valence-corrected chi connectivity index (χ0v) is 11.8. The Labute approximate surface area is 115 Å². The normalized spacial score (nSPS) is 32.1. The summed E-state index contributed by atoms with van der Waals surface area (Å²) < 4.78 is 0. The molecule has 1 saturated carbocycles. The molecule has 0 spiro atoms. The quantitative estimate of drug-likeness (QED) is 0.855. The van der Waals surface area contributed by atoms with E-state index in [0.717, 1.165) is 32.2 Å². The topological polar surface area (TPSA) is 57.6 Å². The molecule has 0 radical (unpaired) electrons. The fourth-order valence-corrected chi connectivity index (χ4v) is 3.56. The Morgan fingerprint density at radius 2 is 1.84 bits per heavy atom. The lowest BCUT2D eigenvalue weighted by molar-refractivity contribution is -0.142. The monoisotopic (exact) mass is 267 g/mol. The first-order chi connectivity index (χ1) is 9.13. The summed E-state index contributed by atoms with van der Waals surface area (Å²) in [5.74, 6) is -0.870. The number of amides is 1. The van der Waals surface area contributed by atoms with Crippen molar-refractivity contribution in [3.8, 4) is 0 Å². The Hall–Kier alpha value is -1.06. The Kier molecular flexibility index (Phi) is 4.83. The van der Waals surface area contributed by atoms with E-state index in [-0.39, 0.29) is 17.7 Å². The second-order valence-electron chi connectivity index (χ2n) is 5.99. The minimum absolute atomic E-state index is 0.0479. The van der Waals surface area contributed by atoms with E-state index in [1.165, 1.54) is 12.8 Å². The molecular formula is C15H25NO3. The molecule has 1 amide bonds. The average Bonchev–Trinajstić information content (AvgIpc) is 2.77. The lowest BCUT2D eigenvalue weighted by Gasteiger charge is -2.31. The van der Waals surface area contributed by atoms with Crippen LogP contribution < -0.4 is 0 Å². The summed E-state index contributed by atoms with van der Waals surface area (Å²) in [6.45, 7) is 3.01. The summed E-state index contributed by atoms with van der Waals surface area (Å²) in [6.07, 6.45) is 7.60. The molecule has 1 saturated heterocycles. The van der Waals surface area contributed by atoms with Crippen molar-refractivity contribution in [1.29, 1.82) is 0 Å². The number of hydrogen-bond donors (Lipinski definition) is 1. The van der Waals surface area contributed by atoms with Crippen LogP contribution in [0, 0.1) is 11.8 Å². The third kappa shape index (κ3) is 3.28. The van der Waals surface area contributed by atoms with Crippen LogP contribution in [-0.4, -0.2) is 34.5 Å². The van der Waals surface area contributed by atoms with E-state index in [1.807, 2.05) is 0 Å². The van der Waals surface area contributed by atoms with Crippen LogP contribution in [0.5, 0.6) is 0 Å². The number of nitrogens with zero attached hydrogens (tertiary/aromatic N) is 1. The van der Waals surface area contributed by atoms with Crippen molar-refractivity contribution < 1.29 is 14.7 Å². The van der Waals surface area contributed by atoms with E-state index in [4.69, 9.17) is 5.11 Å². The SMILES string of the molecule is CCC1CCCCCN1C(=O)[C@@H]1CC[C@H](C(=O)O)C1. The number of carbonyl (C=O) groups is 2. The van der Waals surface area contributed by atoms with Gasteiger partial charge in [-0.2, -0.15) is 0 Å². The zero-order chi connectivity index (χ0) is 13.8. The van der Waals surface area contributed by atoms with Gasteiger partial charge in [0.1, 0.15) is 0 Å². The lowest BCUT2D eigenvalue weighted by atomic mass is 10.0. The van der Waals surface area contributed by atoms with Gasteiger partial charge in [-0.25, -0.2) is 0 Å². The van der Waals surface area contributed by atoms with Crippen LogP contribution >= 0.6 is 0 Å². The molecule has 1 heterocycles. The second kappa shape index (κ2) is 6.40. The van der Waals surface area contributed by atoms with Crippen LogP contribution in [0.3, 0.4) is 0 Å².